The molecule has 0 aliphatic carbocycles. The summed E-state index contributed by atoms with van der Waals surface area (Å²) in [5, 5.41) is 4.51. The normalized spacial score (nSPS) is 10.7. The molecule has 1 aromatic heterocycles. The van der Waals surface area contributed by atoms with Gasteiger partial charge in [0.2, 0.25) is 5.82 Å². The Bertz CT molecular complexity index is 799. The molecule has 0 spiro atoms. The van der Waals surface area contributed by atoms with Crippen LogP contribution in [-0.2, 0) is 0 Å². The Labute approximate surface area is 133 Å². The monoisotopic (exact) mass is 313 g/mol. The van der Waals surface area contributed by atoms with Crippen LogP contribution in [0.25, 0.3) is 22.8 Å². The summed E-state index contributed by atoms with van der Waals surface area (Å²) in [7, 11) is 0. The number of nitrogens with zero attached hydrogens (tertiary/aromatic N) is 2. The third-order valence-electron chi connectivity index (χ3n) is 3.25. The Kier molecular flexibility index (Phi) is 4.11. The molecule has 0 aliphatic heterocycles. The summed E-state index contributed by atoms with van der Waals surface area (Å²) in [5.74, 6) is 1.56. The Morgan fingerprint density at radius 2 is 2.05 bits per heavy atom. The van der Waals surface area contributed by atoms with E-state index in [9.17, 15) is 0 Å². The van der Waals surface area contributed by atoms with Crippen LogP contribution in [0.2, 0.25) is 5.02 Å². The molecule has 3 rings (SSSR count). The van der Waals surface area contributed by atoms with Crippen molar-refractivity contribution in [2.24, 2.45) is 0 Å². The van der Waals surface area contributed by atoms with Crippen molar-refractivity contribution in [2.75, 3.05) is 6.61 Å². The van der Waals surface area contributed by atoms with Crippen LogP contribution in [0.5, 0.6) is 5.75 Å². The minimum atomic E-state index is 0.318. The first-order chi connectivity index (χ1) is 10.7. The van der Waals surface area contributed by atoms with Gasteiger partial charge in [-0.05, 0) is 43.7 Å². The maximum atomic E-state index is 6.17. The highest BCUT2D eigenvalue weighted by atomic mass is 35.5. The van der Waals surface area contributed by atoms with Crippen LogP contribution in [0.4, 0.5) is 0 Å². The molecule has 1 heterocycles. The van der Waals surface area contributed by atoms with Gasteiger partial charge < -0.3 is 9.26 Å². The first-order valence-electron chi connectivity index (χ1n) is 6.80. The zero-order chi connectivity index (χ0) is 15.5. The van der Waals surface area contributed by atoms with E-state index in [0.29, 0.717) is 29.1 Å². The van der Waals surface area contributed by atoms with Gasteiger partial charge in [0.1, 0.15) is 5.75 Å². The molecule has 1 radical (unpaired) electrons. The highest BCUT2D eigenvalue weighted by Gasteiger charge is 2.13. The molecule has 0 atom stereocenters. The number of ether oxygens (including phenoxy) is 1. The zero-order valence-electron chi connectivity index (χ0n) is 12.0. The van der Waals surface area contributed by atoms with E-state index < -0.39 is 0 Å². The molecule has 22 heavy (non-hydrogen) atoms. The maximum absolute atomic E-state index is 6.17. The second-order valence-electron chi connectivity index (χ2n) is 4.73. The minimum Gasteiger partial charge on any atom is -0.492 e. The van der Waals surface area contributed by atoms with Crippen LogP contribution in [0, 0.1) is 13.8 Å². The van der Waals surface area contributed by atoms with Gasteiger partial charge in [-0.25, -0.2) is 0 Å². The third kappa shape index (κ3) is 2.83. The van der Waals surface area contributed by atoms with Crippen molar-refractivity contribution in [2.45, 2.75) is 6.92 Å². The molecular weight excluding hydrogens is 300 g/mol. The van der Waals surface area contributed by atoms with Gasteiger partial charge in [-0.1, -0.05) is 35.0 Å². The quantitative estimate of drug-likeness (QED) is 0.707. The van der Waals surface area contributed by atoms with Gasteiger partial charge >= 0.3 is 0 Å². The molecule has 0 saturated carbocycles. The molecule has 5 heteroatoms. The summed E-state index contributed by atoms with van der Waals surface area (Å²) in [6.45, 7) is 5.95. The first-order valence-corrected chi connectivity index (χ1v) is 7.18. The van der Waals surface area contributed by atoms with Crippen molar-refractivity contribution in [3.8, 4) is 28.6 Å². The van der Waals surface area contributed by atoms with Crippen LogP contribution < -0.4 is 4.74 Å². The molecule has 0 bridgehead atoms. The Hall–Kier alpha value is -2.33. The molecule has 0 fully saturated rings. The Balaban J connectivity index is 1.94. The lowest BCUT2D eigenvalue weighted by molar-refractivity contribution is 0.361. The standard InChI is InChI=1S/C17H14ClN2O2/c1-3-21-15-9-8-12(10-14(15)18)16-19-17(22-20-16)13-7-5-4-6-11(13)2/h4-10H,1,3H2,2H3. The van der Waals surface area contributed by atoms with E-state index >= 15 is 0 Å². The van der Waals surface area contributed by atoms with Crippen molar-refractivity contribution >= 4 is 11.6 Å². The number of rotatable bonds is 4. The number of benzene rings is 2. The fourth-order valence-corrected chi connectivity index (χ4v) is 2.37. The zero-order valence-corrected chi connectivity index (χ0v) is 12.8. The lowest BCUT2D eigenvalue weighted by atomic mass is 10.1. The molecule has 0 aliphatic rings. The highest BCUT2D eigenvalue weighted by molar-refractivity contribution is 6.32. The van der Waals surface area contributed by atoms with E-state index in [4.69, 9.17) is 20.9 Å². The number of halogens is 1. The number of hydrogen-bond donors (Lipinski definition) is 0. The van der Waals surface area contributed by atoms with Crippen LogP contribution in [0.1, 0.15) is 5.56 Å². The maximum Gasteiger partial charge on any atom is 0.258 e. The van der Waals surface area contributed by atoms with Crippen molar-refractivity contribution < 1.29 is 9.26 Å². The summed E-state index contributed by atoms with van der Waals surface area (Å²) in [4.78, 5) is 4.44. The molecule has 4 nitrogen and oxygen atoms in total. The predicted molar refractivity (Wildman–Crippen MR) is 85.8 cm³/mol. The molecule has 3 aromatic rings. The third-order valence-corrected chi connectivity index (χ3v) is 3.54. The van der Waals surface area contributed by atoms with Gasteiger partial charge in [0.15, 0.2) is 0 Å². The van der Waals surface area contributed by atoms with E-state index in [1.807, 2.05) is 37.3 Å². The van der Waals surface area contributed by atoms with Crippen molar-refractivity contribution in [3.63, 3.8) is 0 Å². The summed E-state index contributed by atoms with van der Waals surface area (Å²) in [6.07, 6.45) is 0. The van der Waals surface area contributed by atoms with Crippen molar-refractivity contribution in [1.82, 2.24) is 10.1 Å². The fourth-order valence-electron chi connectivity index (χ4n) is 2.13. The van der Waals surface area contributed by atoms with E-state index in [2.05, 4.69) is 17.1 Å². The topological polar surface area (TPSA) is 48.2 Å². The van der Waals surface area contributed by atoms with Gasteiger partial charge in [-0.2, -0.15) is 4.98 Å². The molecular formula is C17H14ClN2O2. The van der Waals surface area contributed by atoms with Crippen molar-refractivity contribution in [3.05, 3.63) is 60.0 Å². The summed E-state index contributed by atoms with van der Waals surface area (Å²) < 4.78 is 10.7. The Morgan fingerprint density at radius 3 is 2.77 bits per heavy atom. The lowest BCUT2D eigenvalue weighted by Gasteiger charge is -2.05. The average Bonchev–Trinajstić information content (AvgIpc) is 2.99. The van der Waals surface area contributed by atoms with Gasteiger partial charge in [-0.15, -0.1) is 0 Å². The van der Waals surface area contributed by atoms with Crippen LogP contribution in [0.3, 0.4) is 0 Å². The second kappa shape index (κ2) is 6.20. The van der Waals surface area contributed by atoms with E-state index in [0.717, 1.165) is 16.7 Å². The molecule has 2 aromatic carbocycles. The summed E-state index contributed by atoms with van der Waals surface area (Å²) >= 11 is 6.17. The fraction of sp³-hybridized carbons (Fsp3) is 0.118. The minimum absolute atomic E-state index is 0.318. The summed E-state index contributed by atoms with van der Waals surface area (Å²) in [6, 6.07) is 13.2. The van der Waals surface area contributed by atoms with Crippen molar-refractivity contribution in [1.29, 1.82) is 0 Å². The summed E-state index contributed by atoms with van der Waals surface area (Å²) in [5.41, 5.74) is 2.77. The van der Waals surface area contributed by atoms with Gasteiger partial charge in [0, 0.05) is 11.1 Å². The smallest absolute Gasteiger partial charge is 0.258 e. The largest absolute Gasteiger partial charge is 0.492 e. The SMILES string of the molecule is [CH2]COc1ccc(-c2noc(-c3ccccc3C)n2)cc1Cl. The van der Waals surface area contributed by atoms with Crippen LogP contribution >= 0.6 is 11.6 Å². The predicted octanol–water partition coefficient (Wildman–Crippen LogP) is 4.58. The molecule has 0 amide bonds. The van der Waals surface area contributed by atoms with Crippen LogP contribution in [0.15, 0.2) is 47.0 Å². The lowest BCUT2D eigenvalue weighted by Crippen LogP contribution is -1.92. The van der Waals surface area contributed by atoms with Crippen LogP contribution in [-0.4, -0.2) is 16.7 Å². The highest BCUT2D eigenvalue weighted by Crippen LogP contribution is 2.30. The number of aromatic nitrogens is 2. The van der Waals surface area contributed by atoms with Gasteiger partial charge in [0.05, 0.1) is 11.6 Å². The number of aryl methyl sites for hydroxylation is 1. The first kappa shape index (κ1) is 14.6. The van der Waals surface area contributed by atoms with E-state index in [1.54, 1.807) is 12.1 Å². The van der Waals surface area contributed by atoms with E-state index in [1.165, 1.54) is 0 Å². The molecule has 111 valence electrons. The van der Waals surface area contributed by atoms with E-state index in [-0.39, 0.29) is 0 Å². The molecule has 0 unspecified atom stereocenters. The molecule has 0 saturated heterocycles. The van der Waals surface area contributed by atoms with Gasteiger partial charge in [-0.3, -0.25) is 0 Å². The average molecular weight is 314 g/mol. The second-order valence-corrected chi connectivity index (χ2v) is 5.14. The van der Waals surface area contributed by atoms with Gasteiger partial charge in [0.25, 0.3) is 5.89 Å². The number of hydrogen-bond acceptors (Lipinski definition) is 4. The Morgan fingerprint density at radius 1 is 1.23 bits per heavy atom. The molecule has 0 N–H and O–H groups in total.